The van der Waals surface area contributed by atoms with Gasteiger partial charge in [0.1, 0.15) is 0 Å². The largest absolute Gasteiger partial charge is 0.356 e. The van der Waals surface area contributed by atoms with Crippen LogP contribution < -0.4 is 5.32 Å². The second kappa shape index (κ2) is 3.69. The maximum Gasteiger partial charge on any atom is 0.223 e. The van der Waals surface area contributed by atoms with Gasteiger partial charge < -0.3 is 5.32 Å². The van der Waals surface area contributed by atoms with Crippen molar-refractivity contribution < 1.29 is 4.79 Å². The minimum Gasteiger partial charge on any atom is -0.356 e. The summed E-state index contributed by atoms with van der Waals surface area (Å²) in [7, 11) is 0. The number of nitrogens with one attached hydrogen (secondary N) is 1. The molecule has 2 aliphatic carbocycles. The Kier molecular flexibility index (Phi) is 2.56. The summed E-state index contributed by atoms with van der Waals surface area (Å²) in [6.07, 6.45) is 6.22. The van der Waals surface area contributed by atoms with E-state index in [4.69, 9.17) is 0 Å². The van der Waals surface area contributed by atoms with Gasteiger partial charge in [0, 0.05) is 12.5 Å². The van der Waals surface area contributed by atoms with Crippen molar-refractivity contribution in [3.8, 4) is 0 Å². The molecule has 2 rings (SSSR count). The third-order valence-electron chi connectivity index (χ3n) is 3.62. The van der Waals surface area contributed by atoms with Gasteiger partial charge in [-0.2, -0.15) is 0 Å². The predicted octanol–water partition coefficient (Wildman–Crippen LogP) is 1.95. The van der Waals surface area contributed by atoms with E-state index in [9.17, 15) is 4.79 Å². The van der Waals surface area contributed by atoms with Crippen LogP contribution in [0.15, 0.2) is 0 Å². The van der Waals surface area contributed by atoms with Gasteiger partial charge in [0.2, 0.25) is 5.91 Å². The van der Waals surface area contributed by atoms with Gasteiger partial charge in [-0.05, 0) is 37.5 Å². The van der Waals surface area contributed by atoms with Crippen LogP contribution in [0.25, 0.3) is 0 Å². The molecule has 74 valence electrons. The third kappa shape index (κ3) is 1.72. The molecule has 0 aromatic carbocycles. The van der Waals surface area contributed by atoms with E-state index in [0.717, 1.165) is 24.8 Å². The lowest BCUT2D eigenvalue weighted by atomic mass is 9.88. The maximum absolute atomic E-state index is 11.7. The van der Waals surface area contributed by atoms with Gasteiger partial charge in [-0.3, -0.25) is 4.79 Å². The first-order valence-electron chi connectivity index (χ1n) is 5.59. The molecule has 0 aliphatic heterocycles. The topological polar surface area (TPSA) is 29.1 Å². The van der Waals surface area contributed by atoms with Crippen molar-refractivity contribution in [1.82, 2.24) is 5.32 Å². The Bertz CT molecular complexity index is 202. The van der Waals surface area contributed by atoms with E-state index in [1.54, 1.807) is 0 Å². The summed E-state index contributed by atoms with van der Waals surface area (Å²) in [5, 5.41) is 3.02. The molecule has 0 spiro atoms. The van der Waals surface area contributed by atoms with Crippen LogP contribution in [0.2, 0.25) is 0 Å². The van der Waals surface area contributed by atoms with Gasteiger partial charge >= 0.3 is 0 Å². The Labute approximate surface area is 80.1 Å². The zero-order chi connectivity index (χ0) is 9.26. The molecule has 2 heteroatoms. The minimum atomic E-state index is 0.328. The van der Waals surface area contributed by atoms with Crippen LogP contribution in [0.4, 0.5) is 0 Å². The predicted molar refractivity (Wildman–Crippen MR) is 52.2 cm³/mol. The summed E-state index contributed by atoms with van der Waals surface area (Å²) in [6.45, 7) is 2.95. The van der Waals surface area contributed by atoms with E-state index < -0.39 is 0 Å². The molecule has 2 saturated carbocycles. The van der Waals surface area contributed by atoms with Crippen molar-refractivity contribution >= 4 is 5.91 Å². The van der Waals surface area contributed by atoms with Gasteiger partial charge in [-0.1, -0.05) is 13.3 Å². The number of rotatable bonds is 3. The highest BCUT2D eigenvalue weighted by atomic mass is 16.1. The highest BCUT2D eigenvalue weighted by Crippen LogP contribution is 2.48. The van der Waals surface area contributed by atoms with Crippen LogP contribution in [0, 0.1) is 17.8 Å². The zero-order valence-corrected chi connectivity index (χ0v) is 8.38. The van der Waals surface area contributed by atoms with Crippen molar-refractivity contribution in [2.75, 3.05) is 6.54 Å². The van der Waals surface area contributed by atoms with Gasteiger partial charge in [0.05, 0.1) is 0 Å². The first kappa shape index (κ1) is 9.04. The summed E-state index contributed by atoms with van der Waals surface area (Å²) in [5.41, 5.74) is 0. The van der Waals surface area contributed by atoms with Gasteiger partial charge in [0.25, 0.3) is 0 Å². The standard InChI is InChI=1S/C11H19NO/c1-2-5-12-11(13)10-7-8-3-4-9(10)6-8/h8-10H,2-7H2,1H3,(H,12,13)/t8?,9-,10-/m1/s1. The fourth-order valence-electron chi connectivity index (χ4n) is 2.95. The molecule has 2 bridgehead atoms. The lowest BCUT2D eigenvalue weighted by Gasteiger charge is -2.20. The minimum absolute atomic E-state index is 0.328. The Morgan fingerprint density at radius 1 is 1.38 bits per heavy atom. The zero-order valence-electron chi connectivity index (χ0n) is 8.38. The molecule has 13 heavy (non-hydrogen) atoms. The quantitative estimate of drug-likeness (QED) is 0.708. The lowest BCUT2D eigenvalue weighted by Crippen LogP contribution is -2.33. The first-order chi connectivity index (χ1) is 6.31. The summed E-state index contributed by atoms with van der Waals surface area (Å²) in [5.74, 6) is 2.29. The lowest BCUT2D eigenvalue weighted by molar-refractivity contribution is -0.126. The molecule has 2 fully saturated rings. The molecule has 3 atom stereocenters. The number of fused-ring (bicyclic) bond motifs is 2. The van der Waals surface area contributed by atoms with E-state index in [0.29, 0.717) is 11.8 Å². The third-order valence-corrected chi connectivity index (χ3v) is 3.62. The van der Waals surface area contributed by atoms with Crippen molar-refractivity contribution in [1.29, 1.82) is 0 Å². The Morgan fingerprint density at radius 3 is 2.77 bits per heavy atom. The fraction of sp³-hybridized carbons (Fsp3) is 0.909. The summed E-state index contributed by atoms with van der Waals surface area (Å²) >= 11 is 0. The molecular formula is C11H19NO. The normalized spacial score (nSPS) is 36.5. The Hall–Kier alpha value is -0.530. The molecular weight excluding hydrogens is 162 g/mol. The number of amides is 1. The smallest absolute Gasteiger partial charge is 0.223 e. The van der Waals surface area contributed by atoms with E-state index in [-0.39, 0.29) is 0 Å². The summed E-state index contributed by atoms with van der Waals surface area (Å²) < 4.78 is 0. The van der Waals surface area contributed by atoms with E-state index >= 15 is 0 Å². The molecule has 0 aromatic heterocycles. The summed E-state index contributed by atoms with van der Waals surface area (Å²) in [6, 6.07) is 0. The number of hydrogen-bond donors (Lipinski definition) is 1. The SMILES string of the molecule is CCCNC(=O)[C@@H]1CC2CC[C@@H]1C2. The fourth-order valence-corrected chi connectivity index (χ4v) is 2.95. The van der Waals surface area contributed by atoms with Crippen LogP contribution in [0.1, 0.15) is 39.0 Å². The van der Waals surface area contributed by atoms with Crippen molar-refractivity contribution in [3.63, 3.8) is 0 Å². The van der Waals surface area contributed by atoms with Gasteiger partial charge in [-0.15, -0.1) is 0 Å². The van der Waals surface area contributed by atoms with Crippen LogP contribution in [0.5, 0.6) is 0 Å². The molecule has 0 saturated heterocycles. The Morgan fingerprint density at radius 2 is 2.23 bits per heavy atom. The second-order valence-electron chi connectivity index (χ2n) is 4.57. The van der Waals surface area contributed by atoms with E-state index in [1.807, 2.05) is 0 Å². The van der Waals surface area contributed by atoms with Crippen molar-refractivity contribution in [3.05, 3.63) is 0 Å². The van der Waals surface area contributed by atoms with Crippen LogP contribution in [-0.2, 0) is 4.79 Å². The maximum atomic E-state index is 11.7. The molecule has 0 radical (unpaired) electrons. The monoisotopic (exact) mass is 181 g/mol. The van der Waals surface area contributed by atoms with Crippen molar-refractivity contribution in [2.24, 2.45) is 17.8 Å². The molecule has 1 amide bonds. The first-order valence-corrected chi connectivity index (χ1v) is 5.59. The van der Waals surface area contributed by atoms with E-state index in [2.05, 4.69) is 12.2 Å². The van der Waals surface area contributed by atoms with E-state index in [1.165, 1.54) is 25.7 Å². The van der Waals surface area contributed by atoms with Crippen LogP contribution >= 0.6 is 0 Å². The number of carbonyl (C=O) groups is 1. The van der Waals surface area contributed by atoms with Crippen molar-refractivity contribution in [2.45, 2.75) is 39.0 Å². The van der Waals surface area contributed by atoms with Gasteiger partial charge in [-0.25, -0.2) is 0 Å². The average molecular weight is 181 g/mol. The number of carbonyl (C=O) groups excluding carboxylic acids is 1. The molecule has 0 heterocycles. The average Bonchev–Trinajstić information content (AvgIpc) is 2.74. The number of hydrogen-bond acceptors (Lipinski definition) is 1. The molecule has 0 aromatic rings. The highest BCUT2D eigenvalue weighted by molar-refractivity contribution is 5.79. The molecule has 1 N–H and O–H groups in total. The second-order valence-corrected chi connectivity index (χ2v) is 4.57. The highest BCUT2D eigenvalue weighted by Gasteiger charge is 2.42. The molecule has 2 nitrogen and oxygen atoms in total. The Balaban J connectivity index is 1.84. The van der Waals surface area contributed by atoms with Crippen LogP contribution in [0.3, 0.4) is 0 Å². The van der Waals surface area contributed by atoms with Gasteiger partial charge in [0.15, 0.2) is 0 Å². The molecule has 2 aliphatic rings. The molecule has 1 unspecified atom stereocenters. The summed E-state index contributed by atoms with van der Waals surface area (Å²) in [4.78, 5) is 11.7. The van der Waals surface area contributed by atoms with Crippen LogP contribution in [-0.4, -0.2) is 12.5 Å².